The summed E-state index contributed by atoms with van der Waals surface area (Å²) in [7, 11) is 4.66. The highest BCUT2D eigenvalue weighted by Gasteiger charge is 2.27. The summed E-state index contributed by atoms with van der Waals surface area (Å²) in [5.41, 5.74) is 1.63. The lowest BCUT2D eigenvalue weighted by atomic mass is 9.89. The second-order valence-electron chi connectivity index (χ2n) is 3.96. The van der Waals surface area contributed by atoms with Crippen LogP contribution in [-0.4, -0.2) is 27.1 Å². The molecule has 0 spiro atoms. The predicted octanol–water partition coefficient (Wildman–Crippen LogP) is 2.23. The molecule has 0 atom stereocenters. The van der Waals surface area contributed by atoms with Crippen LogP contribution in [0.15, 0.2) is 6.07 Å². The molecule has 1 aromatic carbocycles. The number of carbonyl (C=O) groups excluding carboxylic acids is 1. The maximum absolute atomic E-state index is 12.0. The number of ether oxygens (including phenoxy) is 3. The SMILES string of the molecule is COc1cc2c(c(OC)c1OC)C(=O)CCC2. The van der Waals surface area contributed by atoms with Crippen molar-refractivity contribution in [3.8, 4) is 17.2 Å². The zero-order chi connectivity index (χ0) is 12.4. The fourth-order valence-corrected chi connectivity index (χ4v) is 2.27. The lowest BCUT2D eigenvalue weighted by Gasteiger charge is -2.21. The first-order valence-electron chi connectivity index (χ1n) is 5.58. The van der Waals surface area contributed by atoms with E-state index in [1.807, 2.05) is 6.07 Å². The van der Waals surface area contributed by atoms with Crippen LogP contribution in [0.5, 0.6) is 17.2 Å². The Labute approximate surface area is 100 Å². The molecular weight excluding hydrogens is 220 g/mol. The Bertz CT molecular complexity index is 451. The molecule has 0 aliphatic heterocycles. The van der Waals surface area contributed by atoms with Gasteiger partial charge in [0.1, 0.15) is 0 Å². The summed E-state index contributed by atoms with van der Waals surface area (Å²) in [6, 6.07) is 1.87. The largest absolute Gasteiger partial charge is 0.493 e. The van der Waals surface area contributed by atoms with E-state index in [-0.39, 0.29) is 5.78 Å². The summed E-state index contributed by atoms with van der Waals surface area (Å²) in [6.07, 6.45) is 2.32. The van der Waals surface area contributed by atoms with Crippen molar-refractivity contribution in [2.24, 2.45) is 0 Å². The number of Topliss-reactive ketones (excluding diaryl/α,β-unsaturated/α-hetero) is 1. The first kappa shape index (κ1) is 11.8. The molecule has 4 heteroatoms. The molecule has 0 bridgehead atoms. The molecule has 0 saturated heterocycles. The van der Waals surface area contributed by atoms with E-state index in [0.717, 1.165) is 18.4 Å². The van der Waals surface area contributed by atoms with Crippen molar-refractivity contribution in [1.29, 1.82) is 0 Å². The molecule has 4 nitrogen and oxygen atoms in total. The second kappa shape index (κ2) is 4.65. The number of rotatable bonds is 3. The number of methoxy groups -OCH3 is 3. The van der Waals surface area contributed by atoms with Crippen molar-refractivity contribution < 1.29 is 19.0 Å². The highest BCUT2D eigenvalue weighted by Crippen LogP contribution is 2.44. The topological polar surface area (TPSA) is 44.8 Å². The van der Waals surface area contributed by atoms with Crippen molar-refractivity contribution in [3.05, 3.63) is 17.2 Å². The van der Waals surface area contributed by atoms with Gasteiger partial charge in [0.25, 0.3) is 0 Å². The van der Waals surface area contributed by atoms with E-state index < -0.39 is 0 Å². The van der Waals surface area contributed by atoms with Gasteiger partial charge in [-0.05, 0) is 24.5 Å². The smallest absolute Gasteiger partial charge is 0.204 e. The summed E-state index contributed by atoms with van der Waals surface area (Å²) in [4.78, 5) is 12.0. The maximum atomic E-state index is 12.0. The van der Waals surface area contributed by atoms with Crippen LogP contribution in [0.1, 0.15) is 28.8 Å². The average molecular weight is 236 g/mol. The molecule has 0 radical (unpaired) electrons. The summed E-state index contributed by atoms with van der Waals surface area (Å²) >= 11 is 0. The van der Waals surface area contributed by atoms with Gasteiger partial charge in [0.15, 0.2) is 17.3 Å². The van der Waals surface area contributed by atoms with Gasteiger partial charge in [-0.3, -0.25) is 4.79 Å². The number of hydrogen-bond donors (Lipinski definition) is 0. The molecule has 1 aromatic rings. The molecule has 1 aliphatic carbocycles. The molecule has 0 heterocycles. The van der Waals surface area contributed by atoms with E-state index >= 15 is 0 Å². The molecule has 2 rings (SSSR count). The fraction of sp³-hybridized carbons (Fsp3) is 0.462. The highest BCUT2D eigenvalue weighted by molar-refractivity contribution is 6.02. The van der Waals surface area contributed by atoms with Crippen LogP contribution in [0.2, 0.25) is 0 Å². The Morgan fingerprint density at radius 2 is 1.71 bits per heavy atom. The monoisotopic (exact) mass is 236 g/mol. The first-order valence-corrected chi connectivity index (χ1v) is 5.58. The molecule has 0 N–H and O–H groups in total. The molecule has 0 saturated carbocycles. The van der Waals surface area contributed by atoms with Gasteiger partial charge < -0.3 is 14.2 Å². The molecule has 0 amide bonds. The van der Waals surface area contributed by atoms with Crippen LogP contribution in [-0.2, 0) is 6.42 Å². The Kier molecular flexibility index (Phi) is 3.22. The molecule has 0 fully saturated rings. The molecule has 0 unspecified atom stereocenters. The third-order valence-electron chi connectivity index (χ3n) is 3.04. The van der Waals surface area contributed by atoms with Crippen molar-refractivity contribution in [2.45, 2.75) is 19.3 Å². The number of ketones is 1. The summed E-state index contributed by atoms with van der Waals surface area (Å²) < 4.78 is 15.9. The van der Waals surface area contributed by atoms with Crippen molar-refractivity contribution >= 4 is 5.78 Å². The van der Waals surface area contributed by atoms with Gasteiger partial charge in [-0.2, -0.15) is 0 Å². The van der Waals surface area contributed by atoms with Crippen LogP contribution in [0.4, 0.5) is 0 Å². The highest BCUT2D eigenvalue weighted by atomic mass is 16.5. The zero-order valence-corrected chi connectivity index (χ0v) is 10.3. The van der Waals surface area contributed by atoms with Gasteiger partial charge >= 0.3 is 0 Å². The van der Waals surface area contributed by atoms with Gasteiger partial charge in [-0.25, -0.2) is 0 Å². The van der Waals surface area contributed by atoms with Crippen LogP contribution in [0, 0.1) is 0 Å². The van der Waals surface area contributed by atoms with Gasteiger partial charge in [-0.15, -0.1) is 0 Å². The predicted molar refractivity (Wildman–Crippen MR) is 63.4 cm³/mol. The van der Waals surface area contributed by atoms with E-state index in [2.05, 4.69) is 0 Å². The van der Waals surface area contributed by atoms with E-state index in [4.69, 9.17) is 14.2 Å². The number of hydrogen-bond acceptors (Lipinski definition) is 4. The molecular formula is C13H16O4. The van der Waals surface area contributed by atoms with E-state index in [9.17, 15) is 4.79 Å². The Morgan fingerprint density at radius 3 is 2.29 bits per heavy atom. The third-order valence-corrected chi connectivity index (χ3v) is 3.04. The second-order valence-corrected chi connectivity index (χ2v) is 3.96. The number of fused-ring (bicyclic) bond motifs is 1. The number of benzene rings is 1. The summed E-state index contributed by atoms with van der Waals surface area (Å²) in [5, 5.41) is 0. The van der Waals surface area contributed by atoms with E-state index in [1.54, 1.807) is 21.3 Å². The lowest BCUT2D eigenvalue weighted by Crippen LogP contribution is -2.13. The Balaban J connectivity index is 2.69. The van der Waals surface area contributed by atoms with Crippen LogP contribution in [0.3, 0.4) is 0 Å². The lowest BCUT2D eigenvalue weighted by molar-refractivity contribution is 0.0968. The Hall–Kier alpha value is -1.71. The summed E-state index contributed by atoms with van der Waals surface area (Å²) in [6.45, 7) is 0. The first-order chi connectivity index (χ1) is 8.22. The zero-order valence-electron chi connectivity index (χ0n) is 10.3. The van der Waals surface area contributed by atoms with Crippen LogP contribution in [0.25, 0.3) is 0 Å². The summed E-state index contributed by atoms with van der Waals surface area (Å²) in [5.74, 6) is 1.71. The van der Waals surface area contributed by atoms with Crippen molar-refractivity contribution in [2.75, 3.05) is 21.3 Å². The molecule has 92 valence electrons. The van der Waals surface area contributed by atoms with Crippen molar-refractivity contribution in [1.82, 2.24) is 0 Å². The van der Waals surface area contributed by atoms with Gasteiger partial charge in [0, 0.05) is 6.42 Å². The number of aryl methyl sites for hydroxylation is 1. The number of carbonyl (C=O) groups is 1. The van der Waals surface area contributed by atoms with Gasteiger partial charge in [-0.1, -0.05) is 0 Å². The van der Waals surface area contributed by atoms with E-state index in [0.29, 0.717) is 29.2 Å². The minimum absolute atomic E-state index is 0.115. The van der Waals surface area contributed by atoms with Crippen LogP contribution >= 0.6 is 0 Å². The van der Waals surface area contributed by atoms with E-state index in [1.165, 1.54) is 0 Å². The molecule has 1 aliphatic rings. The average Bonchev–Trinajstić information content (AvgIpc) is 2.36. The quantitative estimate of drug-likeness (QED) is 0.807. The molecule has 0 aromatic heterocycles. The maximum Gasteiger partial charge on any atom is 0.204 e. The minimum atomic E-state index is 0.115. The van der Waals surface area contributed by atoms with Crippen molar-refractivity contribution in [3.63, 3.8) is 0 Å². The fourth-order valence-electron chi connectivity index (χ4n) is 2.27. The normalized spacial score (nSPS) is 14.2. The Morgan fingerprint density at radius 1 is 1.00 bits per heavy atom. The van der Waals surface area contributed by atoms with Crippen LogP contribution < -0.4 is 14.2 Å². The standard InChI is InChI=1S/C13H16O4/c1-15-10-7-8-5-4-6-9(14)11(8)13(17-3)12(10)16-2/h7H,4-6H2,1-3H3. The van der Waals surface area contributed by atoms with Gasteiger partial charge in [0.05, 0.1) is 26.9 Å². The third kappa shape index (κ3) is 1.84. The van der Waals surface area contributed by atoms with Gasteiger partial charge in [0.2, 0.25) is 5.75 Å². The molecule has 17 heavy (non-hydrogen) atoms. The minimum Gasteiger partial charge on any atom is -0.493 e.